The van der Waals surface area contributed by atoms with Crippen LogP contribution < -0.4 is 5.32 Å². The normalized spacial score (nSPS) is 19.6. The topological polar surface area (TPSA) is 15.3 Å². The molecule has 0 radical (unpaired) electrons. The second kappa shape index (κ2) is 8.43. The van der Waals surface area contributed by atoms with Crippen molar-refractivity contribution < 1.29 is 0 Å². The van der Waals surface area contributed by atoms with Gasteiger partial charge in [0.1, 0.15) is 0 Å². The summed E-state index contributed by atoms with van der Waals surface area (Å²) in [5.74, 6) is 0.939. The highest BCUT2D eigenvalue weighted by atomic mass is 15.1. The van der Waals surface area contributed by atoms with Crippen LogP contribution in [0.4, 0.5) is 0 Å². The van der Waals surface area contributed by atoms with E-state index in [-0.39, 0.29) is 0 Å². The van der Waals surface area contributed by atoms with Crippen molar-refractivity contribution in [2.75, 3.05) is 19.6 Å². The van der Waals surface area contributed by atoms with Crippen molar-refractivity contribution in [3.63, 3.8) is 0 Å². The standard InChI is InChI=1S/C18H30N2/c1-3-6-16-9-11-20(14-16)15-18-8-5-7-17(12-18)13-19-10-4-2/h5,7-8,12,16,19H,3-4,6,9-11,13-15H2,1-2H3. The van der Waals surface area contributed by atoms with E-state index in [1.165, 1.54) is 49.9 Å². The second-order valence-electron chi connectivity index (χ2n) is 6.18. The molecule has 0 saturated carbocycles. The molecule has 0 bridgehead atoms. The zero-order valence-electron chi connectivity index (χ0n) is 13.2. The lowest BCUT2D eigenvalue weighted by molar-refractivity contribution is 0.313. The lowest BCUT2D eigenvalue weighted by Gasteiger charge is -2.16. The largest absolute Gasteiger partial charge is 0.313 e. The van der Waals surface area contributed by atoms with Crippen LogP contribution in [-0.4, -0.2) is 24.5 Å². The van der Waals surface area contributed by atoms with E-state index in [0.29, 0.717) is 0 Å². The minimum Gasteiger partial charge on any atom is -0.313 e. The number of rotatable bonds is 8. The molecule has 1 fully saturated rings. The van der Waals surface area contributed by atoms with E-state index in [9.17, 15) is 0 Å². The molecule has 1 heterocycles. The zero-order chi connectivity index (χ0) is 14.2. The second-order valence-corrected chi connectivity index (χ2v) is 6.18. The third-order valence-electron chi connectivity index (χ3n) is 4.22. The molecule has 2 nitrogen and oxygen atoms in total. The molecule has 1 aromatic rings. The Labute approximate surface area is 124 Å². The molecule has 1 aromatic carbocycles. The fraction of sp³-hybridized carbons (Fsp3) is 0.667. The van der Waals surface area contributed by atoms with Gasteiger partial charge in [0.05, 0.1) is 0 Å². The highest BCUT2D eigenvalue weighted by Gasteiger charge is 2.21. The molecule has 112 valence electrons. The first-order chi connectivity index (χ1) is 9.81. The first kappa shape index (κ1) is 15.5. The summed E-state index contributed by atoms with van der Waals surface area (Å²) in [4.78, 5) is 2.62. The summed E-state index contributed by atoms with van der Waals surface area (Å²) in [5, 5.41) is 3.48. The Bertz CT molecular complexity index is 389. The third kappa shape index (κ3) is 4.92. The van der Waals surface area contributed by atoms with Crippen LogP contribution in [0.5, 0.6) is 0 Å². The number of benzene rings is 1. The number of hydrogen-bond donors (Lipinski definition) is 1. The minimum atomic E-state index is 0.939. The summed E-state index contributed by atoms with van der Waals surface area (Å²) in [5.41, 5.74) is 2.89. The molecule has 1 aliphatic rings. The van der Waals surface area contributed by atoms with Crippen LogP contribution >= 0.6 is 0 Å². The highest BCUT2D eigenvalue weighted by molar-refractivity contribution is 5.23. The molecule has 1 saturated heterocycles. The smallest absolute Gasteiger partial charge is 0.0233 e. The van der Waals surface area contributed by atoms with Gasteiger partial charge in [0.2, 0.25) is 0 Å². The van der Waals surface area contributed by atoms with Crippen LogP contribution in [-0.2, 0) is 13.1 Å². The Morgan fingerprint density at radius 1 is 1.20 bits per heavy atom. The highest BCUT2D eigenvalue weighted by Crippen LogP contribution is 2.22. The predicted octanol–water partition coefficient (Wildman–Crippen LogP) is 3.81. The Morgan fingerprint density at radius 3 is 2.85 bits per heavy atom. The van der Waals surface area contributed by atoms with Crippen molar-refractivity contribution >= 4 is 0 Å². The van der Waals surface area contributed by atoms with Gasteiger partial charge in [-0.2, -0.15) is 0 Å². The third-order valence-corrected chi connectivity index (χ3v) is 4.22. The molecule has 1 unspecified atom stereocenters. The van der Waals surface area contributed by atoms with E-state index in [1.54, 1.807) is 0 Å². The first-order valence-electron chi connectivity index (χ1n) is 8.32. The van der Waals surface area contributed by atoms with Crippen LogP contribution in [0.1, 0.15) is 50.7 Å². The maximum absolute atomic E-state index is 3.48. The van der Waals surface area contributed by atoms with Crippen LogP contribution in [0, 0.1) is 5.92 Å². The fourth-order valence-corrected chi connectivity index (χ4v) is 3.21. The molecule has 0 aromatic heterocycles. The fourth-order valence-electron chi connectivity index (χ4n) is 3.21. The molecule has 0 aliphatic carbocycles. The van der Waals surface area contributed by atoms with Crippen LogP contribution in [0.15, 0.2) is 24.3 Å². The van der Waals surface area contributed by atoms with Gasteiger partial charge in [-0.25, -0.2) is 0 Å². The average molecular weight is 274 g/mol. The van der Waals surface area contributed by atoms with Gasteiger partial charge in [-0.05, 0) is 49.4 Å². The molecule has 0 spiro atoms. The molecule has 20 heavy (non-hydrogen) atoms. The summed E-state index contributed by atoms with van der Waals surface area (Å²) in [7, 11) is 0. The lowest BCUT2D eigenvalue weighted by atomic mass is 10.0. The van der Waals surface area contributed by atoms with Crippen molar-refractivity contribution in [2.24, 2.45) is 5.92 Å². The number of likely N-dealkylation sites (tertiary alicyclic amines) is 1. The summed E-state index contributed by atoms with van der Waals surface area (Å²) in [6, 6.07) is 9.08. The Hall–Kier alpha value is -0.860. The van der Waals surface area contributed by atoms with Gasteiger partial charge in [-0.1, -0.05) is 44.5 Å². The summed E-state index contributed by atoms with van der Waals surface area (Å²) >= 11 is 0. The van der Waals surface area contributed by atoms with E-state index >= 15 is 0 Å². The van der Waals surface area contributed by atoms with Crippen molar-refractivity contribution in [3.05, 3.63) is 35.4 Å². The number of hydrogen-bond acceptors (Lipinski definition) is 2. The van der Waals surface area contributed by atoms with Crippen LogP contribution in [0.2, 0.25) is 0 Å². The average Bonchev–Trinajstić information content (AvgIpc) is 2.87. The van der Waals surface area contributed by atoms with Gasteiger partial charge >= 0.3 is 0 Å². The summed E-state index contributed by atoms with van der Waals surface area (Å²) in [6.07, 6.45) is 5.33. The Balaban J connectivity index is 1.82. The van der Waals surface area contributed by atoms with E-state index in [1.807, 2.05) is 0 Å². The molecular weight excluding hydrogens is 244 g/mol. The van der Waals surface area contributed by atoms with E-state index < -0.39 is 0 Å². The summed E-state index contributed by atoms with van der Waals surface area (Å²) in [6.45, 7) is 10.3. The lowest BCUT2D eigenvalue weighted by Crippen LogP contribution is -2.20. The molecule has 1 atom stereocenters. The number of nitrogens with zero attached hydrogens (tertiary/aromatic N) is 1. The van der Waals surface area contributed by atoms with Crippen molar-refractivity contribution in [2.45, 2.75) is 52.6 Å². The summed E-state index contributed by atoms with van der Waals surface area (Å²) < 4.78 is 0. The Kier molecular flexibility index (Phi) is 6.55. The maximum Gasteiger partial charge on any atom is 0.0233 e. The molecule has 0 amide bonds. The van der Waals surface area contributed by atoms with Gasteiger partial charge in [0, 0.05) is 19.6 Å². The van der Waals surface area contributed by atoms with Gasteiger partial charge < -0.3 is 5.32 Å². The molecule has 1 N–H and O–H groups in total. The van der Waals surface area contributed by atoms with Gasteiger partial charge in [0.15, 0.2) is 0 Å². The predicted molar refractivity (Wildman–Crippen MR) is 86.7 cm³/mol. The SMILES string of the molecule is CCCNCc1cccc(CN2CCC(CCC)C2)c1. The zero-order valence-corrected chi connectivity index (χ0v) is 13.2. The maximum atomic E-state index is 3.48. The molecule has 2 heteroatoms. The van der Waals surface area contributed by atoms with Crippen molar-refractivity contribution in [3.8, 4) is 0 Å². The van der Waals surface area contributed by atoms with Crippen molar-refractivity contribution in [1.29, 1.82) is 0 Å². The Morgan fingerprint density at radius 2 is 2.05 bits per heavy atom. The number of nitrogens with one attached hydrogen (secondary N) is 1. The molecule has 1 aliphatic heterocycles. The molecule has 2 rings (SSSR count). The van der Waals surface area contributed by atoms with Crippen LogP contribution in [0.25, 0.3) is 0 Å². The van der Waals surface area contributed by atoms with Gasteiger partial charge in [0.25, 0.3) is 0 Å². The van der Waals surface area contributed by atoms with Crippen LogP contribution in [0.3, 0.4) is 0 Å². The first-order valence-corrected chi connectivity index (χ1v) is 8.32. The van der Waals surface area contributed by atoms with E-state index in [0.717, 1.165) is 25.6 Å². The molecular formula is C18H30N2. The van der Waals surface area contributed by atoms with Crippen molar-refractivity contribution in [1.82, 2.24) is 10.2 Å². The van der Waals surface area contributed by atoms with E-state index in [2.05, 4.69) is 48.3 Å². The monoisotopic (exact) mass is 274 g/mol. The van der Waals surface area contributed by atoms with E-state index in [4.69, 9.17) is 0 Å². The van der Waals surface area contributed by atoms with Gasteiger partial charge in [-0.3, -0.25) is 4.90 Å². The quantitative estimate of drug-likeness (QED) is 0.725. The van der Waals surface area contributed by atoms with Gasteiger partial charge in [-0.15, -0.1) is 0 Å². The minimum absolute atomic E-state index is 0.939.